The van der Waals surface area contributed by atoms with Gasteiger partial charge in [-0.25, -0.2) is 9.97 Å². The molecule has 10 heteroatoms. The van der Waals surface area contributed by atoms with E-state index in [0.29, 0.717) is 44.1 Å². The number of carbonyl (C=O) groups is 3. The van der Waals surface area contributed by atoms with E-state index in [4.69, 9.17) is 0 Å². The van der Waals surface area contributed by atoms with Crippen molar-refractivity contribution in [2.24, 2.45) is 5.41 Å². The fourth-order valence-corrected chi connectivity index (χ4v) is 5.33. The second-order valence-corrected chi connectivity index (χ2v) is 11.9. The molecule has 2 aromatic heterocycles. The summed E-state index contributed by atoms with van der Waals surface area (Å²) in [5, 5.41) is 6.13. The molecule has 1 fully saturated rings. The number of amides is 3. The summed E-state index contributed by atoms with van der Waals surface area (Å²) < 4.78 is 1.74. The maximum absolute atomic E-state index is 14.0. The van der Waals surface area contributed by atoms with Gasteiger partial charge in [-0.15, -0.1) is 0 Å². The van der Waals surface area contributed by atoms with Gasteiger partial charge in [0, 0.05) is 44.3 Å². The van der Waals surface area contributed by atoms with Gasteiger partial charge in [0.2, 0.25) is 17.6 Å². The van der Waals surface area contributed by atoms with Crippen molar-refractivity contribution in [3.8, 4) is 0 Å². The lowest BCUT2D eigenvalue weighted by atomic mass is 9.85. The molecular weight excluding hydrogens is 518 g/mol. The van der Waals surface area contributed by atoms with Crippen LogP contribution in [0.1, 0.15) is 63.5 Å². The van der Waals surface area contributed by atoms with E-state index < -0.39 is 17.5 Å². The summed E-state index contributed by atoms with van der Waals surface area (Å²) in [5.74, 6) is -0.0293. The van der Waals surface area contributed by atoms with Crippen LogP contribution >= 0.6 is 0 Å². The molecule has 0 unspecified atom stereocenters. The van der Waals surface area contributed by atoms with Crippen LogP contribution in [0.25, 0.3) is 5.78 Å². The van der Waals surface area contributed by atoms with Gasteiger partial charge in [0.1, 0.15) is 11.7 Å². The fraction of sp³-hybridized carbons (Fsp3) is 0.516. The van der Waals surface area contributed by atoms with Crippen molar-refractivity contribution in [1.82, 2.24) is 34.8 Å². The van der Waals surface area contributed by atoms with Gasteiger partial charge in [0.05, 0.1) is 6.04 Å². The Labute approximate surface area is 242 Å². The van der Waals surface area contributed by atoms with Crippen LogP contribution in [0.3, 0.4) is 0 Å². The molecule has 0 saturated carbocycles. The third-order valence-electron chi connectivity index (χ3n) is 7.65. The molecule has 3 amide bonds. The van der Waals surface area contributed by atoms with E-state index in [0.717, 1.165) is 18.4 Å². The van der Waals surface area contributed by atoms with Crippen LogP contribution in [0.2, 0.25) is 0 Å². The number of benzene rings is 1. The van der Waals surface area contributed by atoms with Gasteiger partial charge in [-0.05, 0) is 49.8 Å². The summed E-state index contributed by atoms with van der Waals surface area (Å²) in [4.78, 5) is 53.1. The predicted octanol–water partition coefficient (Wildman–Crippen LogP) is 2.93. The van der Waals surface area contributed by atoms with Crippen molar-refractivity contribution < 1.29 is 14.4 Å². The normalized spacial score (nSPS) is 16.9. The minimum atomic E-state index is -0.685. The molecular formula is C31H43N7O3. The van der Waals surface area contributed by atoms with E-state index in [9.17, 15) is 14.4 Å². The van der Waals surface area contributed by atoms with Crippen LogP contribution in [0.5, 0.6) is 0 Å². The number of imidazole rings is 1. The highest BCUT2D eigenvalue weighted by Gasteiger charge is 2.41. The fourth-order valence-electron chi connectivity index (χ4n) is 5.33. The second-order valence-electron chi connectivity index (χ2n) is 11.9. The largest absolute Gasteiger partial charge is 0.342 e. The van der Waals surface area contributed by atoms with Crippen LogP contribution in [-0.2, 0) is 16.0 Å². The molecule has 0 bridgehead atoms. The Morgan fingerprint density at radius 3 is 2.59 bits per heavy atom. The molecule has 3 atom stereocenters. The first kappa shape index (κ1) is 30.2. The molecule has 0 aliphatic carbocycles. The highest BCUT2D eigenvalue weighted by Crippen LogP contribution is 2.27. The van der Waals surface area contributed by atoms with Crippen LogP contribution < -0.4 is 10.6 Å². The Hall–Kier alpha value is -3.79. The summed E-state index contributed by atoms with van der Waals surface area (Å²) in [7, 11) is 0. The first-order chi connectivity index (χ1) is 19.6. The van der Waals surface area contributed by atoms with Crippen molar-refractivity contribution in [2.75, 3.05) is 26.2 Å². The van der Waals surface area contributed by atoms with Crippen molar-refractivity contribution >= 4 is 23.5 Å². The molecule has 0 spiro atoms. The molecule has 1 aliphatic heterocycles. The zero-order valence-electron chi connectivity index (χ0n) is 24.8. The molecule has 1 aliphatic rings. The van der Waals surface area contributed by atoms with E-state index in [1.165, 1.54) is 0 Å². The molecule has 3 aromatic rings. The van der Waals surface area contributed by atoms with Crippen molar-refractivity contribution in [3.05, 3.63) is 66.2 Å². The Kier molecular flexibility index (Phi) is 9.75. The summed E-state index contributed by atoms with van der Waals surface area (Å²) in [5.41, 5.74) is 0.967. The first-order valence-electron chi connectivity index (χ1n) is 14.6. The Bertz CT molecular complexity index is 1300. The maximum atomic E-state index is 14.0. The van der Waals surface area contributed by atoms with Crippen molar-refractivity contribution in [1.29, 1.82) is 0 Å². The maximum Gasteiger partial charge on any atom is 0.274 e. The van der Waals surface area contributed by atoms with Gasteiger partial charge in [-0.2, -0.15) is 0 Å². The number of rotatable bonds is 11. The van der Waals surface area contributed by atoms with Crippen molar-refractivity contribution in [3.63, 3.8) is 0 Å². The summed E-state index contributed by atoms with van der Waals surface area (Å²) in [6.45, 7) is 11.8. The Balaban J connectivity index is 1.55. The number of nitrogens with one attached hydrogen (secondary N) is 2. The number of likely N-dealkylation sites (tertiary alicyclic amines) is 1. The molecule has 220 valence electrons. The lowest BCUT2D eigenvalue weighted by molar-refractivity contribution is -0.140. The topological polar surface area (TPSA) is 112 Å². The molecule has 4 rings (SSSR count). The molecule has 2 N–H and O–H groups in total. The van der Waals surface area contributed by atoms with Crippen LogP contribution in [0.4, 0.5) is 0 Å². The monoisotopic (exact) mass is 561 g/mol. The molecule has 10 nitrogen and oxygen atoms in total. The summed E-state index contributed by atoms with van der Waals surface area (Å²) in [6, 6.07) is 10.6. The number of fused-ring (bicyclic) bond motifs is 1. The highest BCUT2D eigenvalue weighted by molar-refractivity contribution is 5.93. The van der Waals surface area contributed by atoms with Gasteiger partial charge >= 0.3 is 0 Å². The zero-order chi connectivity index (χ0) is 29.6. The lowest BCUT2D eigenvalue weighted by Gasteiger charge is -2.37. The highest BCUT2D eigenvalue weighted by atomic mass is 16.2. The number of carbonyl (C=O) groups excluding carboxylic acids is 3. The molecule has 1 saturated heterocycles. The number of hydrogen-bond acceptors (Lipinski definition) is 6. The van der Waals surface area contributed by atoms with Crippen LogP contribution in [0, 0.1) is 5.41 Å². The average molecular weight is 562 g/mol. The number of aromatic nitrogens is 3. The third kappa shape index (κ3) is 7.49. The van der Waals surface area contributed by atoms with E-state index in [2.05, 4.69) is 20.6 Å². The predicted molar refractivity (Wildman–Crippen MR) is 158 cm³/mol. The van der Waals surface area contributed by atoms with E-state index in [-0.39, 0.29) is 23.8 Å². The minimum absolute atomic E-state index is 0.107. The summed E-state index contributed by atoms with van der Waals surface area (Å²) in [6.07, 6.45) is 7.47. The van der Waals surface area contributed by atoms with Gasteiger partial charge in [0.15, 0.2) is 0 Å². The van der Waals surface area contributed by atoms with Crippen LogP contribution in [0.15, 0.2) is 55.0 Å². The first-order valence-corrected chi connectivity index (χ1v) is 14.6. The van der Waals surface area contributed by atoms with E-state index in [1.807, 2.05) is 74.0 Å². The smallest absolute Gasteiger partial charge is 0.274 e. The second kappa shape index (κ2) is 13.2. The van der Waals surface area contributed by atoms with E-state index in [1.54, 1.807) is 29.8 Å². The molecule has 3 heterocycles. The van der Waals surface area contributed by atoms with Crippen LogP contribution in [-0.4, -0.2) is 86.2 Å². The van der Waals surface area contributed by atoms with Gasteiger partial charge in [-0.3, -0.25) is 18.8 Å². The number of nitrogens with zero attached hydrogens (tertiary/aromatic N) is 5. The van der Waals surface area contributed by atoms with E-state index >= 15 is 0 Å². The molecule has 1 aromatic carbocycles. The number of hydrogen-bond donors (Lipinski definition) is 2. The quantitative estimate of drug-likeness (QED) is 0.372. The SMILES string of the molecule is CCN[C@@H](C)C(=O)N[C@H](C(=O)N1CCC[C@H]1CN(CCc1ccccc1)C(=O)c1cn2cccnc2n1)C(C)(C)C. The Morgan fingerprint density at radius 2 is 1.90 bits per heavy atom. The Morgan fingerprint density at radius 1 is 1.15 bits per heavy atom. The zero-order valence-corrected chi connectivity index (χ0v) is 24.8. The van der Waals surface area contributed by atoms with Gasteiger partial charge in [-0.1, -0.05) is 58.0 Å². The average Bonchev–Trinajstić information content (AvgIpc) is 3.60. The minimum Gasteiger partial charge on any atom is -0.342 e. The summed E-state index contributed by atoms with van der Waals surface area (Å²) >= 11 is 0. The van der Waals surface area contributed by atoms with Gasteiger partial charge in [0.25, 0.3) is 5.91 Å². The third-order valence-corrected chi connectivity index (χ3v) is 7.65. The number of likely N-dealkylation sites (N-methyl/N-ethyl adjacent to an activating group) is 1. The standard InChI is InChI=1S/C31H43N7O3/c1-6-32-22(2)27(39)35-26(31(3,4)5)29(41)38-18-10-14-24(38)20-36(19-15-23-12-8-7-9-13-23)28(40)25-21-37-17-11-16-33-30(37)34-25/h7-9,11-13,16-17,21-22,24,26,32H,6,10,14-15,18-20H2,1-5H3,(H,35,39)/t22-,24-,26+/m0/s1. The molecule has 41 heavy (non-hydrogen) atoms. The van der Waals surface area contributed by atoms with Gasteiger partial charge < -0.3 is 20.4 Å². The lowest BCUT2D eigenvalue weighted by Crippen LogP contribution is -2.59. The molecule has 0 radical (unpaired) electrons. The van der Waals surface area contributed by atoms with Crippen molar-refractivity contribution in [2.45, 2.75) is 72.0 Å².